The summed E-state index contributed by atoms with van der Waals surface area (Å²) in [5.74, 6) is 0. The zero-order valence-corrected chi connectivity index (χ0v) is 8.70. The van der Waals surface area contributed by atoms with Crippen LogP contribution < -0.4 is 9.47 Å². The topological polar surface area (TPSA) is 8.32 Å². The van der Waals surface area contributed by atoms with E-state index < -0.39 is 0 Å². The van der Waals surface area contributed by atoms with Crippen molar-refractivity contribution < 1.29 is 9.47 Å². The maximum atomic E-state index is 2.28. The van der Waals surface area contributed by atoms with Crippen LogP contribution in [-0.4, -0.2) is 13.6 Å². The summed E-state index contributed by atoms with van der Waals surface area (Å²) in [7, 11) is 4.20. The van der Waals surface area contributed by atoms with E-state index in [1.54, 1.807) is 0 Å². The Morgan fingerprint density at radius 2 is 2.00 bits per heavy atom. The smallest absolute Gasteiger partial charge is 0.169 e. The second-order valence-corrected chi connectivity index (χ2v) is 3.80. The van der Waals surface area contributed by atoms with Crippen LogP contribution in [0.2, 0.25) is 0 Å². The van der Waals surface area contributed by atoms with E-state index in [0.29, 0.717) is 0 Å². The van der Waals surface area contributed by atoms with E-state index in [9.17, 15) is 0 Å². The molecular weight excluding hydrogens is 172 g/mol. The lowest BCUT2D eigenvalue weighted by Gasteiger charge is -2.11. The first-order valence-corrected chi connectivity index (χ1v) is 4.92. The number of likely N-dealkylation sites (N-methyl/N-ethyl adjacent to an activating group) is 1. The molecule has 0 fully saturated rings. The molecule has 0 radical (unpaired) electrons. The van der Waals surface area contributed by atoms with Gasteiger partial charge in [0.05, 0.1) is 13.2 Å². The third-order valence-corrected chi connectivity index (χ3v) is 2.50. The van der Waals surface area contributed by atoms with Gasteiger partial charge in [0.15, 0.2) is 12.4 Å². The number of allylic oxidation sites excluding steroid dienone is 2. The number of pyridine rings is 1. The van der Waals surface area contributed by atoms with Gasteiger partial charge in [-0.1, -0.05) is 0 Å². The van der Waals surface area contributed by atoms with Crippen LogP contribution in [0.5, 0.6) is 0 Å². The lowest BCUT2D eigenvalue weighted by atomic mass is 10.1. The fourth-order valence-electron chi connectivity index (χ4n) is 1.55. The predicted octanol–water partition coefficient (Wildman–Crippen LogP) is -0.0635. The van der Waals surface area contributed by atoms with Crippen molar-refractivity contribution in [2.75, 3.05) is 13.6 Å². The molecule has 0 saturated carbocycles. The van der Waals surface area contributed by atoms with Crippen molar-refractivity contribution in [2.45, 2.75) is 0 Å². The Hall–Kier alpha value is -1.41. The molecule has 2 heterocycles. The maximum Gasteiger partial charge on any atom is 0.169 e. The van der Waals surface area contributed by atoms with E-state index in [1.807, 2.05) is 11.6 Å². The Balaban J connectivity index is 2.24. The van der Waals surface area contributed by atoms with E-state index >= 15 is 0 Å². The molecule has 0 bridgehead atoms. The third-order valence-electron chi connectivity index (χ3n) is 2.50. The molecule has 14 heavy (non-hydrogen) atoms. The number of quaternary nitrogens is 1. The van der Waals surface area contributed by atoms with Gasteiger partial charge in [-0.2, -0.15) is 0 Å². The first kappa shape index (κ1) is 9.16. The zero-order chi connectivity index (χ0) is 9.97. The minimum absolute atomic E-state index is 1.08. The van der Waals surface area contributed by atoms with Gasteiger partial charge >= 0.3 is 0 Å². The second kappa shape index (κ2) is 3.76. The molecule has 1 aliphatic rings. The fraction of sp³-hybridized carbons (Fsp3) is 0.250. The average Bonchev–Trinajstić information content (AvgIpc) is 2.21. The molecule has 0 saturated heterocycles. The summed E-state index contributed by atoms with van der Waals surface area (Å²) in [5.41, 5.74) is 2.63. The van der Waals surface area contributed by atoms with Crippen molar-refractivity contribution in [1.29, 1.82) is 0 Å². The Kier molecular flexibility index (Phi) is 2.46. The molecule has 0 amide bonds. The minimum atomic E-state index is 1.08. The van der Waals surface area contributed by atoms with Crippen LogP contribution in [0.3, 0.4) is 0 Å². The number of aryl methyl sites for hydroxylation is 1. The van der Waals surface area contributed by atoms with Crippen molar-refractivity contribution in [3.05, 3.63) is 48.4 Å². The molecule has 1 N–H and O–H groups in total. The standard InChI is InChI=1S/C12H15N2/c1-13-7-3-11(4-8-13)12-5-9-14(2)10-6-12/h3-9H,10H2,1-2H3/q+1/p+1. The molecule has 0 aliphatic carbocycles. The van der Waals surface area contributed by atoms with Gasteiger partial charge in [0.25, 0.3) is 0 Å². The van der Waals surface area contributed by atoms with E-state index in [4.69, 9.17) is 0 Å². The summed E-state index contributed by atoms with van der Waals surface area (Å²) < 4.78 is 2.05. The van der Waals surface area contributed by atoms with Crippen LogP contribution in [0.4, 0.5) is 0 Å². The van der Waals surface area contributed by atoms with Gasteiger partial charge in [-0.05, 0) is 23.3 Å². The van der Waals surface area contributed by atoms with Crippen LogP contribution in [-0.2, 0) is 7.05 Å². The van der Waals surface area contributed by atoms with Crippen LogP contribution in [0.15, 0.2) is 42.9 Å². The number of aromatic nitrogens is 1. The van der Waals surface area contributed by atoms with Gasteiger partial charge in [0.2, 0.25) is 0 Å². The number of rotatable bonds is 1. The molecule has 72 valence electrons. The first-order chi connectivity index (χ1) is 6.75. The summed E-state index contributed by atoms with van der Waals surface area (Å²) in [6, 6.07) is 4.30. The highest BCUT2D eigenvalue weighted by Gasteiger charge is 2.06. The van der Waals surface area contributed by atoms with Crippen LogP contribution in [0, 0.1) is 0 Å². The zero-order valence-electron chi connectivity index (χ0n) is 8.70. The van der Waals surface area contributed by atoms with Crippen molar-refractivity contribution in [3.8, 4) is 0 Å². The van der Waals surface area contributed by atoms with Crippen LogP contribution in [0.1, 0.15) is 5.56 Å². The number of nitrogens with one attached hydrogen (secondary N) is 1. The van der Waals surface area contributed by atoms with Gasteiger partial charge in [0.1, 0.15) is 13.6 Å². The summed E-state index contributed by atoms with van der Waals surface area (Å²) in [6.45, 7) is 1.08. The Labute approximate surface area is 84.8 Å². The Morgan fingerprint density at radius 1 is 1.29 bits per heavy atom. The molecule has 2 nitrogen and oxygen atoms in total. The van der Waals surface area contributed by atoms with Crippen molar-refractivity contribution in [1.82, 2.24) is 0 Å². The van der Waals surface area contributed by atoms with E-state index in [2.05, 4.69) is 49.9 Å². The Morgan fingerprint density at radius 3 is 2.57 bits per heavy atom. The molecular formula is C12H16N2+2. The highest BCUT2D eigenvalue weighted by molar-refractivity contribution is 5.73. The van der Waals surface area contributed by atoms with E-state index in [1.165, 1.54) is 16.0 Å². The van der Waals surface area contributed by atoms with Gasteiger partial charge in [-0.3, -0.25) is 0 Å². The minimum Gasteiger partial charge on any atom is -0.308 e. The quantitative estimate of drug-likeness (QED) is 0.591. The summed E-state index contributed by atoms with van der Waals surface area (Å²) in [6.07, 6.45) is 10.8. The molecule has 0 aromatic carbocycles. The summed E-state index contributed by atoms with van der Waals surface area (Å²) in [5, 5.41) is 0. The van der Waals surface area contributed by atoms with Crippen molar-refractivity contribution in [3.63, 3.8) is 0 Å². The largest absolute Gasteiger partial charge is 0.308 e. The molecule has 2 heteroatoms. The Bertz CT molecular complexity index is 374. The molecule has 1 unspecified atom stereocenters. The molecule has 1 aliphatic heterocycles. The fourth-order valence-corrected chi connectivity index (χ4v) is 1.55. The third kappa shape index (κ3) is 1.91. The summed E-state index contributed by atoms with van der Waals surface area (Å²) in [4.78, 5) is 1.43. The lowest BCUT2D eigenvalue weighted by Crippen LogP contribution is -3.04. The van der Waals surface area contributed by atoms with Gasteiger partial charge in [-0.15, -0.1) is 0 Å². The number of hydrogen-bond donors (Lipinski definition) is 1. The second-order valence-electron chi connectivity index (χ2n) is 3.80. The SMILES string of the molecule is C[n+]1ccc(C2=CC[NH+](C)C=C2)cc1. The number of hydrogen-bond acceptors (Lipinski definition) is 0. The van der Waals surface area contributed by atoms with Crippen LogP contribution >= 0.6 is 0 Å². The maximum absolute atomic E-state index is 2.28. The average molecular weight is 188 g/mol. The molecule has 2 rings (SSSR count). The van der Waals surface area contributed by atoms with E-state index in [0.717, 1.165) is 6.54 Å². The van der Waals surface area contributed by atoms with E-state index in [-0.39, 0.29) is 0 Å². The molecule has 1 aromatic heterocycles. The lowest BCUT2D eigenvalue weighted by molar-refractivity contribution is -0.818. The predicted molar refractivity (Wildman–Crippen MR) is 56.5 cm³/mol. The van der Waals surface area contributed by atoms with Gasteiger partial charge in [-0.25, -0.2) is 4.57 Å². The van der Waals surface area contributed by atoms with Gasteiger partial charge in [0, 0.05) is 12.1 Å². The highest BCUT2D eigenvalue weighted by atomic mass is 15.1. The summed E-state index contributed by atoms with van der Waals surface area (Å²) >= 11 is 0. The number of nitrogens with zero attached hydrogens (tertiary/aromatic N) is 1. The normalized spacial score (nSPS) is 20.7. The van der Waals surface area contributed by atoms with Gasteiger partial charge < -0.3 is 4.90 Å². The molecule has 1 atom stereocenters. The molecule has 1 aromatic rings. The van der Waals surface area contributed by atoms with Crippen LogP contribution in [0.25, 0.3) is 5.57 Å². The first-order valence-electron chi connectivity index (χ1n) is 4.92. The molecule has 0 spiro atoms. The highest BCUT2D eigenvalue weighted by Crippen LogP contribution is 2.13. The van der Waals surface area contributed by atoms with Crippen molar-refractivity contribution >= 4 is 5.57 Å². The monoisotopic (exact) mass is 188 g/mol. The van der Waals surface area contributed by atoms with Crippen molar-refractivity contribution in [2.24, 2.45) is 7.05 Å².